The van der Waals surface area contributed by atoms with Gasteiger partial charge in [0.25, 0.3) is 10.1 Å². The number of hydrogen-bond donors (Lipinski definition) is 0. The van der Waals surface area contributed by atoms with Gasteiger partial charge in [-0.15, -0.1) is 0 Å². The number of fused-ring (bicyclic) bond motifs is 1. The van der Waals surface area contributed by atoms with Gasteiger partial charge in [0.1, 0.15) is 12.2 Å². The van der Waals surface area contributed by atoms with Crippen molar-refractivity contribution in [2.75, 3.05) is 12.9 Å². The zero-order valence-corrected chi connectivity index (χ0v) is 13.3. The van der Waals surface area contributed by atoms with Gasteiger partial charge in [-0.25, -0.2) is 4.79 Å². The first-order valence-corrected chi connectivity index (χ1v) is 8.54. The molecule has 0 unspecified atom stereocenters. The lowest BCUT2D eigenvalue weighted by Crippen LogP contribution is -2.41. The maximum absolute atomic E-state index is 11.9. The number of rotatable bonds is 4. The molecule has 7 nitrogen and oxygen atoms in total. The number of hydrogen-bond acceptors (Lipinski definition) is 7. The molecule has 0 radical (unpaired) electrons. The molecule has 1 saturated heterocycles. The van der Waals surface area contributed by atoms with Crippen molar-refractivity contribution in [3.63, 3.8) is 0 Å². The molecule has 0 bridgehead atoms. The lowest BCUT2D eigenvalue weighted by atomic mass is 9.92. The fourth-order valence-corrected chi connectivity index (χ4v) is 3.11. The normalized spacial score (nSPS) is 31.4. The Morgan fingerprint density at radius 2 is 2.10 bits per heavy atom. The van der Waals surface area contributed by atoms with Gasteiger partial charge in [0, 0.05) is 12.0 Å². The molecule has 0 aromatic rings. The van der Waals surface area contributed by atoms with E-state index in [0.717, 1.165) is 6.26 Å². The monoisotopic (exact) mass is 320 g/mol. The molecule has 0 aromatic carbocycles. The van der Waals surface area contributed by atoms with E-state index in [0.29, 0.717) is 12.0 Å². The zero-order valence-electron chi connectivity index (χ0n) is 12.5. The summed E-state index contributed by atoms with van der Waals surface area (Å²) in [5.74, 6) is -1.35. The van der Waals surface area contributed by atoms with E-state index in [1.807, 2.05) is 0 Å². The first-order chi connectivity index (χ1) is 9.61. The Labute approximate surface area is 124 Å². The van der Waals surface area contributed by atoms with Crippen LogP contribution in [0.25, 0.3) is 0 Å². The Balaban J connectivity index is 2.27. The first-order valence-electron chi connectivity index (χ1n) is 6.73. The van der Waals surface area contributed by atoms with Crippen molar-refractivity contribution in [3.05, 3.63) is 11.6 Å². The van der Waals surface area contributed by atoms with Crippen LogP contribution >= 0.6 is 0 Å². The van der Waals surface area contributed by atoms with Crippen LogP contribution in [-0.2, 0) is 33.3 Å². The minimum atomic E-state index is -3.69. The van der Waals surface area contributed by atoms with Gasteiger partial charge in [-0.3, -0.25) is 4.18 Å². The third-order valence-electron chi connectivity index (χ3n) is 3.16. The molecular weight excluding hydrogens is 300 g/mol. The van der Waals surface area contributed by atoms with Gasteiger partial charge in [0.15, 0.2) is 5.79 Å². The van der Waals surface area contributed by atoms with Crippen molar-refractivity contribution < 1.29 is 31.6 Å². The summed E-state index contributed by atoms with van der Waals surface area (Å²) in [5, 5.41) is 0. The molecular formula is C13H20O7S. The summed E-state index contributed by atoms with van der Waals surface area (Å²) >= 11 is 0. The molecule has 0 spiro atoms. The van der Waals surface area contributed by atoms with Crippen LogP contribution in [0.5, 0.6) is 0 Å². The fraction of sp³-hybridized carbons (Fsp3) is 0.769. The smallest absolute Gasteiger partial charge is 0.333 e. The van der Waals surface area contributed by atoms with Crippen molar-refractivity contribution in [2.45, 2.75) is 51.3 Å². The molecule has 21 heavy (non-hydrogen) atoms. The summed E-state index contributed by atoms with van der Waals surface area (Å²) in [7, 11) is -3.69. The standard InChI is InChI=1S/C13H20O7S/c1-5-17-12(14)8-6-9-11(19-13(2,3)18-9)10(7-8)20-21(4,15)16/h7,9-11H,5-6H2,1-4H3/t9-,10+,11-/m0/s1. The number of ether oxygens (including phenoxy) is 3. The average molecular weight is 320 g/mol. The second kappa shape index (κ2) is 5.68. The molecule has 0 saturated carbocycles. The van der Waals surface area contributed by atoms with Gasteiger partial charge in [0.2, 0.25) is 0 Å². The van der Waals surface area contributed by atoms with E-state index in [9.17, 15) is 13.2 Å². The van der Waals surface area contributed by atoms with Crippen LogP contribution in [0.4, 0.5) is 0 Å². The van der Waals surface area contributed by atoms with Crippen LogP contribution in [0.1, 0.15) is 27.2 Å². The van der Waals surface area contributed by atoms with Crippen molar-refractivity contribution in [1.82, 2.24) is 0 Å². The van der Waals surface area contributed by atoms with Crippen LogP contribution in [0.15, 0.2) is 11.6 Å². The third kappa shape index (κ3) is 4.03. The van der Waals surface area contributed by atoms with E-state index in [1.165, 1.54) is 6.08 Å². The van der Waals surface area contributed by atoms with E-state index in [-0.39, 0.29) is 6.61 Å². The van der Waals surface area contributed by atoms with E-state index < -0.39 is 40.2 Å². The second-order valence-corrected chi connectivity index (χ2v) is 7.12. The van der Waals surface area contributed by atoms with Gasteiger partial charge in [-0.05, 0) is 26.8 Å². The molecule has 120 valence electrons. The van der Waals surface area contributed by atoms with Gasteiger partial charge in [-0.1, -0.05) is 0 Å². The van der Waals surface area contributed by atoms with Crippen molar-refractivity contribution in [3.8, 4) is 0 Å². The van der Waals surface area contributed by atoms with Crippen LogP contribution < -0.4 is 0 Å². The fourth-order valence-electron chi connectivity index (χ4n) is 2.54. The molecule has 8 heteroatoms. The molecule has 1 aliphatic heterocycles. The minimum absolute atomic E-state index is 0.241. The number of carbonyl (C=O) groups is 1. The molecule has 0 N–H and O–H groups in total. The maximum atomic E-state index is 11.9. The largest absolute Gasteiger partial charge is 0.463 e. The number of esters is 1. The third-order valence-corrected chi connectivity index (χ3v) is 3.73. The highest BCUT2D eigenvalue weighted by Crippen LogP contribution is 2.38. The van der Waals surface area contributed by atoms with E-state index in [1.54, 1.807) is 20.8 Å². The van der Waals surface area contributed by atoms with E-state index in [4.69, 9.17) is 18.4 Å². The lowest BCUT2D eigenvalue weighted by molar-refractivity contribution is -0.150. The molecule has 0 aromatic heterocycles. The van der Waals surface area contributed by atoms with E-state index in [2.05, 4.69) is 0 Å². The van der Waals surface area contributed by atoms with Crippen LogP contribution in [0, 0.1) is 0 Å². The Morgan fingerprint density at radius 1 is 1.43 bits per heavy atom. The predicted octanol–water partition coefficient (Wildman–Crippen LogP) is 0.744. The first kappa shape index (κ1) is 16.4. The Bertz CT molecular complexity index is 549. The number of carbonyl (C=O) groups excluding carboxylic acids is 1. The predicted molar refractivity (Wildman–Crippen MR) is 72.9 cm³/mol. The van der Waals surface area contributed by atoms with Crippen molar-refractivity contribution >= 4 is 16.1 Å². The quantitative estimate of drug-likeness (QED) is 0.557. The van der Waals surface area contributed by atoms with Gasteiger partial charge < -0.3 is 14.2 Å². The van der Waals surface area contributed by atoms with Crippen molar-refractivity contribution in [2.24, 2.45) is 0 Å². The van der Waals surface area contributed by atoms with Gasteiger partial charge >= 0.3 is 5.97 Å². The van der Waals surface area contributed by atoms with Gasteiger partial charge in [0.05, 0.1) is 19.0 Å². The zero-order chi connectivity index (χ0) is 15.8. The average Bonchev–Trinajstić information content (AvgIpc) is 2.62. The topological polar surface area (TPSA) is 88.1 Å². The lowest BCUT2D eigenvalue weighted by Gasteiger charge is -2.28. The Kier molecular flexibility index (Phi) is 4.44. The highest BCUT2D eigenvalue weighted by atomic mass is 32.2. The minimum Gasteiger partial charge on any atom is -0.463 e. The molecule has 3 atom stereocenters. The maximum Gasteiger partial charge on any atom is 0.333 e. The Morgan fingerprint density at radius 3 is 2.67 bits per heavy atom. The summed E-state index contributed by atoms with van der Waals surface area (Å²) in [6.45, 7) is 5.40. The summed E-state index contributed by atoms with van der Waals surface area (Å²) in [6.07, 6.45) is 0.778. The molecule has 2 rings (SSSR count). The molecule has 1 heterocycles. The molecule has 2 aliphatic rings. The summed E-state index contributed by atoms with van der Waals surface area (Å²) in [4.78, 5) is 11.9. The van der Waals surface area contributed by atoms with E-state index >= 15 is 0 Å². The second-order valence-electron chi connectivity index (χ2n) is 5.52. The van der Waals surface area contributed by atoms with Crippen LogP contribution in [0.3, 0.4) is 0 Å². The highest BCUT2D eigenvalue weighted by Gasteiger charge is 2.49. The van der Waals surface area contributed by atoms with Gasteiger partial charge in [-0.2, -0.15) is 8.42 Å². The summed E-state index contributed by atoms with van der Waals surface area (Å²) in [6, 6.07) is 0. The highest BCUT2D eigenvalue weighted by molar-refractivity contribution is 7.86. The molecule has 0 amide bonds. The molecule has 1 fully saturated rings. The van der Waals surface area contributed by atoms with Crippen LogP contribution in [-0.4, -0.2) is 51.3 Å². The van der Waals surface area contributed by atoms with Crippen LogP contribution in [0.2, 0.25) is 0 Å². The Hall–Kier alpha value is -0.960. The molecule has 1 aliphatic carbocycles. The summed E-state index contributed by atoms with van der Waals surface area (Å²) in [5.41, 5.74) is 0.341. The summed E-state index contributed by atoms with van der Waals surface area (Å²) < 4.78 is 44.2. The SMILES string of the molecule is CCOC(=O)C1=C[C@@H](OS(C)(=O)=O)[C@H]2OC(C)(C)O[C@H]2C1. The van der Waals surface area contributed by atoms with Crippen molar-refractivity contribution in [1.29, 1.82) is 0 Å².